The molecule has 11 nitrogen and oxygen atoms in total. The first-order valence-corrected chi connectivity index (χ1v) is 11.7. The summed E-state index contributed by atoms with van der Waals surface area (Å²) in [5, 5.41) is 18.0. The number of esters is 1. The highest BCUT2D eigenvalue weighted by molar-refractivity contribution is 7.99. The molecule has 2 amide bonds. The van der Waals surface area contributed by atoms with E-state index in [-0.39, 0.29) is 12.4 Å². The van der Waals surface area contributed by atoms with Crippen molar-refractivity contribution in [2.45, 2.75) is 18.1 Å². The minimum Gasteiger partial charge on any atom is -0.497 e. The van der Waals surface area contributed by atoms with Gasteiger partial charge >= 0.3 is 12.0 Å². The zero-order valence-electron chi connectivity index (χ0n) is 19.3. The van der Waals surface area contributed by atoms with Crippen LogP contribution in [0.4, 0.5) is 4.79 Å². The predicted octanol–water partition coefficient (Wildman–Crippen LogP) is 2.64. The third-order valence-corrected chi connectivity index (χ3v) is 6.14. The number of nitrogens with one attached hydrogen (secondary N) is 2. The minimum atomic E-state index is -0.700. The zero-order valence-corrected chi connectivity index (χ0v) is 20.2. The predicted molar refractivity (Wildman–Crippen MR) is 127 cm³/mol. The highest BCUT2D eigenvalue weighted by Crippen LogP contribution is 2.32. The average molecular weight is 497 g/mol. The van der Waals surface area contributed by atoms with Gasteiger partial charge in [-0.15, -0.1) is 5.10 Å². The number of carbonyl (C=O) groups excluding carboxylic acids is 2. The van der Waals surface area contributed by atoms with Gasteiger partial charge in [-0.1, -0.05) is 36.0 Å². The molecule has 0 aliphatic carbocycles. The number of urea groups is 1. The standard InChI is InChI=1S/C23H24N6O5S/c1-4-34-21(30)19-16(24-22(31)25-20(19)14-9-11-15(32-2)12-10-14)13-35-23-26-27-28-29(23)17-7-5-6-8-18(17)33-3/h5-12,20H,4,13H2,1-3H3,(H2,24,25,31). The Labute approximate surface area is 205 Å². The lowest BCUT2D eigenvalue weighted by Gasteiger charge is -2.29. The summed E-state index contributed by atoms with van der Waals surface area (Å²) in [5.74, 6) is 0.946. The number of hydrogen-bond acceptors (Lipinski definition) is 9. The van der Waals surface area contributed by atoms with Gasteiger partial charge in [0.1, 0.15) is 17.2 Å². The number of rotatable bonds is 9. The SMILES string of the molecule is CCOC(=O)C1=C(CSc2nnnn2-c2ccccc2OC)NC(=O)NC1c1ccc(OC)cc1. The van der Waals surface area contributed by atoms with Gasteiger partial charge in [0.25, 0.3) is 0 Å². The first-order valence-electron chi connectivity index (χ1n) is 10.7. The highest BCUT2D eigenvalue weighted by Gasteiger charge is 2.34. The van der Waals surface area contributed by atoms with E-state index < -0.39 is 18.0 Å². The number of hydrogen-bond donors (Lipinski definition) is 2. The Morgan fingerprint density at radius 1 is 1.11 bits per heavy atom. The first kappa shape index (κ1) is 24.1. The Bertz CT molecular complexity index is 1240. The number of ether oxygens (including phenoxy) is 3. The van der Waals surface area contributed by atoms with Gasteiger partial charge in [0.05, 0.1) is 32.4 Å². The van der Waals surface area contributed by atoms with E-state index in [0.29, 0.717) is 39.2 Å². The number of benzene rings is 2. The largest absolute Gasteiger partial charge is 0.497 e. The summed E-state index contributed by atoms with van der Waals surface area (Å²) in [4.78, 5) is 25.5. The van der Waals surface area contributed by atoms with E-state index in [2.05, 4.69) is 26.2 Å². The van der Waals surface area contributed by atoms with E-state index in [0.717, 1.165) is 0 Å². The Kier molecular flexibility index (Phi) is 7.51. The molecule has 4 rings (SSSR count). The molecule has 182 valence electrons. The molecule has 2 aromatic carbocycles. The number of carbonyl (C=O) groups is 2. The van der Waals surface area contributed by atoms with Crippen molar-refractivity contribution < 1.29 is 23.8 Å². The van der Waals surface area contributed by atoms with Gasteiger partial charge in [-0.2, -0.15) is 4.68 Å². The second-order valence-electron chi connectivity index (χ2n) is 7.25. The normalized spacial score (nSPS) is 15.3. The van der Waals surface area contributed by atoms with Crippen LogP contribution in [0, 0.1) is 0 Å². The number of methoxy groups -OCH3 is 2. The highest BCUT2D eigenvalue weighted by atomic mass is 32.2. The van der Waals surface area contributed by atoms with E-state index >= 15 is 0 Å². The Morgan fingerprint density at radius 3 is 2.60 bits per heavy atom. The summed E-state index contributed by atoms with van der Waals surface area (Å²) in [5.41, 5.74) is 2.09. The van der Waals surface area contributed by atoms with Gasteiger partial charge in [0.15, 0.2) is 0 Å². The van der Waals surface area contributed by atoms with Gasteiger partial charge < -0.3 is 24.8 Å². The first-order chi connectivity index (χ1) is 17.0. The van der Waals surface area contributed by atoms with Gasteiger partial charge in [0.2, 0.25) is 5.16 Å². The van der Waals surface area contributed by atoms with Crippen molar-refractivity contribution in [1.29, 1.82) is 0 Å². The van der Waals surface area contributed by atoms with Gasteiger partial charge in [-0.3, -0.25) is 0 Å². The van der Waals surface area contributed by atoms with Crippen LogP contribution in [0.5, 0.6) is 11.5 Å². The maximum absolute atomic E-state index is 13.0. The average Bonchev–Trinajstić information content (AvgIpc) is 3.35. The molecule has 0 saturated heterocycles. The molecule has 0 spiro atoms. The summed E-state index contributed by atoms with van der Waals surface area (Å²) in [6, 6.07) is 13.3. The third kappa shape index (κ3) is 5.22. The lowest BCUT2D eigenvalue weighted by Crippen LogP contribution is -2.46. The lowest BCUT2D eigenvalue weighted by molar-refractivity contribution is -0.139. The number of thioether (sulfide) groups is 1. The number of nitrogens with zero attached hydrogens (tertiary/aromatic N) is 4. The van der Waals surface area contributed by atoms with Crippen molar-refractivity contribution in [1.82, 2.24) is 30.8 Å². The molecule has 12 heteroatoms. The Hall–Kier alpha value is -4.06. The topological polar surface area (TPSA) is 129 Å². The monoisotopic (exact) mass is 496 g/mol. The van der Waals surface area contributed by atoms with E-state index in [9.17, 15) is 9.59 Å². The smallest absolute Gasteiger partial charge is 0.338 e. The van der Waals surface area contributed by atoms with Crippen LogP contribution < -0.4 is 20.1 Å². The van der Waals surface area contributed by atoms with Crippen LogP contribution in [0.2, 0.25) is 0 Å². The Morgan fingerprint density at radius 2 is 1.89 bits per heavy atom. The van der Waals surface area contributed by atoms with E-state index in [1.165, 1.54) is 16.4 Å². The number of aromatic nitrogens is 4. The van der Waals surface area contributed by atoms with Crippen LogP contribution in [0.1, 0.15) is 18.5 Å². The molecule has 1 aliphatic heterocycles. The summed E-state index contributed by atoms with van der Waals surface area (Å²) in [6.07, 6.45) is 0. The number of tetrazole rings is 1. The van der Waals surface area contributed by atoms with Crippen LogP contribution in [0.25, 0.3) is 5.69 Å². The maximum atomic E-state index is 13.0. The van der Waals surface area contributed by atoms with Crippen molar-refractivity contribution in [3.63, 3.8) is 0 Å². The Balaban J connectivity index is 1.67. The van der Waals surface area contributed by atoms with Crippen LogP contribution >= 0.6 is 11.8 Å². The fraction of sp³-hybridized carbons (Fsp3) is 0.261. The van der Waals surface area contributed by atoms with Crippen molar-refractivity contribution in [2.24, 2.45) is 0 Å². The fourth-order valence-corrected chi connectivity index (χ4v) is 4.44. The van der Waals surface area contributed by atoms with E-state index in [1.54, 1.807) is 51.5 Å². The van der Waals surface area contributed by atoms with Crippen LogP contribution in [0.15, 0.2) is 65.0 Å². The molecule has 0 saturated carbocycles. The molecule has 35 heavy (non-hydrogen) atoms. The zero-order chi connectivity index (χ0) is 24.8. The molecule has 1 aromatic heterocycles. The second-order valence-corrected chi connectivity index (χ2v) is 8.19. The molecule has 0 radical (unpaired) electrons. The van der Waals surface area contributed by atoms with Crippen LogP contribution in [0.3, 0.4) is 0 Å². The van der Waals surface area contributed by atoms with Gasteiger partial charge in [-0.25, -0.2) is 9.59 Å². The molecule has 1 unspecified atom stereocenters. The number of para-hydroxylation sites is 2. The molecule has 2 N–H and O–H groups in total. The van der Waals surface area contributed by atoms with Crippen molar-refractivity contribution >= 4 is 23.8 Å². The molecule has 0 bridgehead atoms. The van der Waals surface area contributed by atoms with Gasteiger partial charge in [-0.05, 0) is 47.2 Å². The quantitative estimate of drug-likeness (QED) is 0.339. The van der Waals surface area contributed by atoms with Gasteiger partial charge in [0, 0.05) is 11.4 Å². The van der Waals surface area contributed by atoms with E-state index in [1.807, 2.05) is 18.2 Å². The summed E-state index contributed by atoms with van der Waals surface area (Å²) >= 11 is 1.26. The van der Waals surface area contributed by atoms with Crippen molar-refractivity contribution in [3.8, 4) is 17.2 Å². The molecule has 3 aromatic rings. The lowest BCUT2D eigenvalue weighted by atomic mass is 9.95. The summed E-state index contributed by atoms with van der Waals surface area (Å²) in [6.45, 7) is 1.92. The summed E-state index contributed by atoms with van der Waals surface area (Å²) in [7, 11) is 3.13. The van der Waals surface area contributed by atoms with E-state index in [4.69, 9.17) is 14.2 Å². The van der Waals surface area contributed by atoms with Crippen molar-refractivity contribution in [3.05, 3.63) is 65.4 Å². The maximum Gasteiger partial charge on any atom is 0.338 e. The molecule has 0 fully saturated rings. The minimum absolute atomic E-state index is 0.193. The van der Waals surface area contributed by atoms with Crippen LogP contribution in [-0.2, 0) is 9.53 Å². The number of amides is 2. The molecular weight excluding hydrogens is 472 g/mol. The van der Waals surface area contributed by atoms with Crippen LogP contribution in [-0.4, -0.2) is 58.8 Å². The molecule has 1 atom stereocenters. The molecule has 2 heterocycles. The third-order valence-electron chi connectivity index (χ3n) is 5.20. The second kappa shape index (κ2) is 10.9. The fourth-order valence-electron chi connectivity index (χ4n) is 3.59. The van der Waals surface area contributed by atoms with Crippen molar-refractivity contribution in [2.75, 3.05) is 26.6 Å². The molecule has 1 aliphatic rings. The summed E-state index contributed by atoms with van der Waals surface area (Å²) < 4.78 is 17.5. The molecular formula is C23H24N6O5S.